The van der Waals surface area contributed by atoms with Crippen molar-refractivity contribution in [3.05, 3.63) is 0 Å². The number of rotatable bonds is 3. The minimum absolute atomic E-state index is 0.177. The number of hydrogen-bond acceptors (Lipinski definition) is 2. The molecular weight excluding hydrogens is 224 g/mol. The normalized spacial score (nSPS) is 39.7. The molecule has 2 atom stereocenters. The molecule has 0 radical (unpaired) electrons. The highest BCUT2D eigenvalue weighted by atomic mass is 19.1. The van der Waals surface area contributed by atoms with Crippen molar-refractivity contribution in [2.24, 2.45) is 17.1 Å². The molecule has 0 aromatic heterocycles. The van der Waals surface area contributed by atoms with Gasteiger partial charge in [0.25, 0.3) is 0 Å². The maximum atomic E-state index is 12.8. The Morgan fingerprint density at radius 3 is 2.35 bits per heavy atom. The zero-order valence-corrected chi connectivity index (χ0v) is 10.5. The monoisotopic (exact) mass is 247 g/mol. The predicted octanol–water partition coefficient (Wildman–Crippen LogP) is 2.34. The van der Waals surface area contributed by atoms with Gasteiger partial charge < -0.3 is 10.8 Å². The molecule has 4 heteroatoms. The van der Waals surface area contributed by atoms with Gasteiger partial charge in [-0.05, 0) is 31.6 Å². The van der Waals surface area contributed by atoms with E-state index in [1.54, 1.807) is 0 Å². The molecule has 2 nitrogen and oxygen atoms in total. The maximum absolute atomic E-state index is 12.8. The van der Waals surface area contributed by atoms with E-state index in [0.717, 1.165) is 25.7 Å². The molecule has 0 aromatic rings. The summed E-state index contributed by atoms with van der Waals surface area (Å²) in [4.78, 5) is 0. The Bertz CT molecular complexity index is 285. The highest BCUT2D eigenvalue weighted by molar-refractivity contribution is 5.16. The van der Waals surface area contributed by atoms with E-state index in [-0.39, 0.29) is 12.8 Å². The molecule has 0 heterocycles. The Hall–Kier alpha value is -0.220. The fraction of sp³-hybridized carbons (Fsp3) is 1.00. The van der Waals surface area contributed by atoms with Crippen LogP contribution in [0.3, 0.4) is 0 Å². The van der Waals surface area contributed by atoms with Crippen molar-refractivity contribution in [1.29, 1.82) is 0 Å². The lowest BCUT2D eigenvalue weighted by atomic mass is 9.50. The lowest BCUT2D eigenvalue weighted by molar-refractivity contribution is -0.193. The van der Waals surface area contributed by atoms with Crippen LogP contribution in [-0.4, -0.2) is 29.6 Å². The molecule has 0 spiro atoms. The Kier molecular flexibility index (Phi) is 3.24. The van der Waals surface area contributed by atoms with E-state index < -0.39 is 29.9 Å². The van der Waals surface area contributed by atoms with Gasteiger partial charge in [0, 0.05) is 11.0 Å². The van der Waals surface area contributed by atoms with E-state index in [9.17, 15) is 13.9 Å². The summed E-state index contributed by atoms with van der Waals surface area (Å²) in [7, 11) is 0. The molecule has 0 aromatic carbocycles. The summed E-state index contributed by atoms with van der Waals surface area (Å²) >= 11 is 0. The molecular formula is C13H23F2NO. The second-order valence-electron chi connectivity index (χ2n) is 6.51. The van der Waals surface area contributed by atoms with E-state index in [1.807, 2.05) is 0 Å². The Morgan fingerprint density at radius 2 is 1.88 bits per heavy atom. The summed E-state index contributed by atoms with van der Waals surface area (Å²) in [5.41, 5.74) is 3.67. The second kappa shape index (κ2) is 4.16. The van der Waals surface area contributed by atoms with Crippen LogP contribution in [0.2, 0.25) is 0 Å². The van der Waals surface area contributed by atoms with Gasteiger partial charge in [0.1, 0.15) is 0 Å². The van der Waals surface area contributed by atoms with Crippen LogP contribution < -0.4 is 5.73 Å². The smallest absolute Gasteiger partial charge is 0.0977 e. The fourth-order valence-electron chi connectivity index (χ4n) is 3.78. The van der Waals surface area contributed by atoms with Gasteiger partial charge in [-0.2, -0.15) is 0 Å². The standard InChI is InChI=1S/C13H23F2NO/c1-10-3-2-4-12(16,5-10)13(17)6-11(7-13,8-14)9-15/h10,17H,2-9,16H2,1H3. The molecule has 0 bridgehead atoms. The lowest BCUT2D eigenvalue weighted by Crippen LogP contribution is -2.71. The van der Waals surface area contributed by atoms with Crippen molar-refractivity contribution in [2.75, 3.05) is 13.3 Å². The minimum Gasteiger partial charge on any atom is -0.388 e. The molecule has 0 amide bonds. The number of nitrogens with two attached hydrogens (primary N) is 1. The third kappa shape index (κ3) is 1.99. The van der Waals surface area contributed by atoms with Crippen LogP contribution in [0.5, 0.6) is 0 Å². The maximum Gasteiger partial charge on any atom is 0.0977 e. The quantitative estimate of drug-likeness (QED) is 0.804. The number of aliphatic hydroxyl groups is 1. The third-order valence-electron chi connectivity index (χ3n) is 4.86. The largest absolute Gasteiger partial charge is 0.388 e. The molecule has 17 heavy (non-hydrogen) atoms. The van der Waals surface area contributed by atoms with Crippen LogP contribution >= 0.6 is 0 Å². The minimum atomic E-state index is -1.06. The molecule has 2 unspecified atom stereocenters. The fourth-order valence-corrected chi connectivity index (χ4v) is 3.78. The van der Waals surface area contributed by atoms with Gasteiger partial charge in [-0.1, -0.05) is 19.8 Å². The van der Waals surface area contributed by atoms with E-state index in [1.165, 1.54) is 0 Å². The Labute approximate surface area is 102 Å². The summed E-state index contributed by atoms with van der Waals surface area (Å²) in [5.74, 6) is 0.489. The average molecular weight is 247 g/mol. The SMILES string of the molecule is CC1CCCC(N)(C2(O)CC(CF)(CF)C2)C1. The van der Waals surface area contributed by atoms with E-state index in [4.69, 9.17) is 5.73 Å². The number of hydrogen-bond donors (Lipinski definition) is 2. The first-order valence-corrected chi connectivity index (χ1v) is 6.52. The van der Waals surface area contributed by atoms with Crippen molar-refractivity contribution < 1.29 is 13.9 Å². The van der Waals surface area contributed by atoms with Gasteiger partial charge in [0.05, 0.1) is 19.0 Å². The van der Waals surface area contributed by atoms with Crippen molar-refractivity contribution in [1.82, 2.24) is 0 Å². The number of halogens is 2. The Balaban J connectivity index is 2.08. The van der Waals surface area contributed by atoms with Crippen molar-refractivity contribution in [3.63, 3.8) is 0 Å². The molecule has 2 aliphatic carbocycles. The van der Waals surface area contributed by atoms with Gasteiger partial charge >= 0.3 is 0 Å². The van der Waals surface area contributed by atoms with E-state index in [0.29, 0.717) is 5.92 Å². The summed E-state index contributed by atoms with van der Waals surface area (Å²) < 4.78 is 25.6. The summed E-state index contributed by atoms with van der Waals surface area (Å²) in [6.45, 7) is 0.731. The van der Waals surface area contributed by atoms with Gasteiger partial charge in [-0.25, -0.2) is 0 Å². The molecule has 2 saturated carbocycles. The van der Waals surface area contributed by atoms with Gasteiger partial charge in [0.15, 0.2) is 0 Å². The molecule has 0 aliphatic heterocycles. The second-order valence-corrected chi connectivity index (χ2v) is 6.51. The average Bonchev–Trinajstić information content (AvgIpc) is 2.24. The summed E-state index contributed by atoms with van der Waals surface area (Å²) in [6.07, 6.45) is 4.01. The first-order valence-electron chi connectivity index (χ1n) is 6.52. The van der Waals surface area contributed by atoms with E-state index >= 15 is 0 Å². The topological polar surface area (TPSA) is 46.2 Å². The zero-order valence-electron chi connectivity index (χ0n) is 10.5. The molecule has 0 saturated heterocycles. The lowest BCUT2D eigenvalue weighted by Gasteiger charge is -2.60. The summed E-state index contributed by atoms with van der Waals surface area (Å²) in [5, 5.41) is 10.6. The van der Waals surface area contributed by atoms with Crippen LogP contribution in [0.1, 0.15) is 45.4 Å². The predicted molar refractivity (Wildman–Crippen MR) is 63.1 cm³/mol. The van der Waals surface area contributed by atoms with Crippen LogP contribution in [0.25, 0.3) is 0 Å². The van der Waals surface area contributed by atoms with Crippen LogP contribution in [-0.2, 0) is 0 Å². The van der Waals surface area contributed by atoms with Gasteiger partial charge in [-0.15, -0.1) is 0 Å². The first-order chi connectivity index (χ1) is 7.89. The molecule has 100 valence electrons. The Morgan fingerprint density at radius 1 is 1.29 bits per heavy atom. The zero-order chi connectivity index (χ0) is 12.7. The highest BCUT2D eigenvalue weighted by Gasteiger charge is 2.62. The van der Waals surface area contributed by atoms with Crippen molar-refractivity contribution in [3.8, 4) is 0 Å². The number of alkyl halides is 2. The van der Waals surface area contributed by atoms with Gasteiger partial charge in [-0.3, -0.25) is 8.78 Å². The summed E-state index contributed by atoms with van der Waals surface area (Å²) in [6, 6.07) is 0. The van der Waals surface area contributed by atoms with Gasteiger partial charge in [0.2, 0.25) is 0 Å². The first kappa shape index (κ1) is 13.2. The van der Waals surface area contributed by atoms with Crippen LogP contribution in [0, 0.1) is 11.3 Å². The third-order valence-corrected chi connectivity index (χ3v) is 4.86. The van der Waals surface area contributed by atoms with Crippen LogP contribution in [0.15, 0.2) is 0 Å². The van der Waals surface area contributed by atoms with E-state index in [2.05, 4.69) is 6.92 Å². The highest BCUT2D eigenvalue weighted by Crippen LogP contribution is 2.56. The molecule has 2 rings (SSSR count). The van der Waals surface area contributed by atoms with Crippen molar-refractivity contribution >= 4 is 0 Å². The van der Waals surface area contributed by atoms with Crippen LogP contribution in [0.4, 0.5) is 8.78 Å². The molecule has 3 N–H and O–H groups in total. The molecule has 2 aliphatic rings. The van der Waals surface area contributed by atoms with Crippen molar-refractivity contribution in [2.45, 2.75) is 56.6 Å². The molecule has 2 fully saturated rings.